The number of nitrogens with one attached hydrogen (secondary N) is 1. The molecule has 2 heterocycles. The summed E-state index contributed by atoms with van der Waals surface area (Å²) < 4.78 is 19.1. The van der Waals surface area contributed by atoms with Crippen LogP contribution in [0.15, 0.2) is 59.1 Å². The molecular weight excluding hydrogens is 423 g/mol. The zero-order chi connectivity index (χ0) is 21.8. The third-order valence-electron chi connectivity index (χ3n) is 5.04. The lowest BCUT2D eigenvalue weighted by Gasteiger charge is -2.33. The van der Waals surface area contributed by atoms with E-state index in [2.05, 4.69) is 10.5 Å². The summed E-state index contributed by atoms with van der Waals surface area (Å²) in [6.45, 7) is 2.17. The fraction of sp³-hybridized carbons (Fsp3) is 0.227. The van der Waals surface area contributed by atoms with Gasteiger partial charge in [0.2, 0.25) is 5.91 Å². The highest BCUT2D eigenvalue weighted by molar-refractivity contribution is 6.33. The molecule has 0 bridgehead atoms. The number of nitrogens with zero attached hydrogens (tertiary/aromatic N) is 3. The van der Waals surface area contributed by atoms with Crippen molar-refractivity contribution >= 4 is 29.1 Å². The molecule has 2 amide bonds. The fourth-order valence-electron chi connectivity index (χ4n) is 3.39. The van der Waals surface area contributed by atoms with E-state index in [1.165, 1.54) is 12.1 Å². The van der Waals surface area contributed by atoms with E-state index < -0.39 is 5.82 Å². The molecule has 1 saturated heterocycles. The molecular formula is C22H20ClFN4O3. The molecule has 0 aliphatic carbocycles. The van der Waals surface area contributed by atoms with Gasteiger partial charge in [-0.05, 0) is 24.3 Å². The number of rotatable bonds is 5. The van der Waals surface area contributed by atoms with E-state index in [1.54, 1.807) is 47.4 Å². The first-order chi connectivity index (χ1) is 15.0. The summed E-state index contributed by atoms with van der Waals surface area (Å²) in [5, 5.41) is 7.08. The van der Waals surface area contributed by atoms with Crippen LogP contribution < -0.4 is 5.32 Å². The van der Waals surface area contributed by atoms with Gasteiger partial charge in [0.25, 0.3) is 5.91 Å². The largest absolute Gasteiger partial charge is 0.355 e. The van der Waals surface area contributed by atoms with Gasteiger partial charge in [0.05, 0.1) is 22.8 Å². The monoisotopic (exact) mass is 442 g/mol. The van der Waals surface area contributed by atoms with Crippen molar-refractivity contribution in [1.82, 2.24) is 15.0 Å². The Bertz CT molecular complexity index is 1100. The summed E-state index contributed by atoms with van der Waals surface area (Å²) in [6.07, 6.45) is 0. The molecule has 1 aromatic heterocycles. The third-order valence-corrected chi connectivity index (χ3v) is 5.37. The van der Waals surface area contributed by atoms with Gasteiger partial charge >= 0.3 is 0 Å². The molecule has 1 aliphatic rings. The number of para-hydroxylation sites is 1. The molecule has 0 unspecified atom stereocenters. The topological polar surface area (TPSA) is 78.7 Å². The van der Waals surface area contributed by atoms with Gasteiger partial charge in [-0.2, -0.15) is 0 Å². The molecule has 1 fully saturated rings. The van der Waals surface area contributed by atoms with Crippen molar-refractivity contribution in [1.29, 1.82) is 0 Å². The summed E-state index contributed by atoms with van der Waals surface area (Å²) in [5.41, 5.74) is 0.950. The van der Waals surface area contributed by atoms with Crippen LogP contribution in [-0.4, -0.2) is 59.5 Å². The lowest BCUT2D eigenvalue weighted by atomic mass is 10.1. The van der Waals surface area contributed by atoms with Crippen LogP contribution >= 0.6 is 11.6 Å². The highest BCUT2D eigenvalue weighted by atomic mass is 35.5. The van der Waals surface area contributed by atoms with E-state index in [9.17, 15) is 14.0 Å². The highest BCUT2D eigenvalue weighted by Gasteiger charge is 2.26. The molecule has 1 N–H and O–H groups in total. The Hall–Kier alpha value is -3.23. The summed E-state index contributed by atoms with van der Waals surface area (Å²) in [7, 11) is 0. The molecule has 2 aromatic carbocycles. The Morgan fingerprint density at radius 2 is 1.77 bits per heavy atom. The van der Waals surface area contributed by atoms with Gasteiger partial charge in [0, 0.05) is 32.2 Å². The molecule has 3 aromatic rings. The quantitative estimate of drug-likeness (QED) is 0.654. The van der Waals surface area contributed by atoms with E-state index in [-0.39, 0.29) is 35.4 Å². The number of hydrogen-bond donors (Lipinski definition) is 1. The molecule has 31 heavy (non-hydrogen) atoms. The standard InChI is InChI=1S/C22H20ClFN4O3/c23-16-6-2-4-8-18(16)25-21(29)14-27-9-11-28(12-10-27)22(30)19-13-20(31-26-19)15-5-1-3-7-17(15)24/h1-8,13H,9-12,14H2,(H,25,29). The predicted molar refractivity (Wildman–Crippen MR) is 114 cm³/mol. The van der Waals surface area contributed by atoms with Crippen LogP contribution in [0.3, 0.4) is 0 Å². The van der Waals surface area contributed by atoms with E-state index >= 15 is 0 Å². The van der Waals surface area contributed by atoms with Crippen molar-refractivity contribution in [2.24, 2.45) is 0 Å². The number of carbonyl (C=O) groups excluding carboxylic acids is 2. The first-order valence-corrected chi connectivity index (χ1v) is 10.2. The van der Waals surface area contributed by atoms with Crippen molar-refractivity contribution in [3.05, 3.63) is 71.1 Å². The fourth-order valence-corrected chi connectivity index (χ4v) is 3.57. The summed E-state index contributed by atoms with van der Waals surface area (Å²) in [4.78, 5) is 28.6. The van der Waals surface area contributed by atoms with Crippen LogP contribution in [0, 0.1) is 5.82 Å². The number of piperazine rings is 1. The third kappa shape index (κ3) is 4.92. The molecule has 9 heteroatoms. The van der Waals surface area contributed by atoms with E-state index in [0.29, 0.717) is 36.9 Å². The maximum Gasteiger partial charge on any atom is 0.276 e. The number of hydrogen-bond acceptors (Lipinski definition) is 5. The minimum atomic E-state index is -0.443. The lowest BCUT2D eigenvalue weighted by Crippen LogP contribution is -2.50. The van der Waals surface area contributed by atoms with Crippen LogP contribution in [0.4, 0.5) is 10.1 Å². The second-order valence-electron chi connectivity index (χ2n) is 7.15. The number of aromatic nitrogens is 1. The van der Waals surface area contributed by atoms with Crippen LogP contribution in [0.25, 0.3) is 11.3 Å². The van der Waals surface area contributed by atoms with Gasteiger partial charge in [-0.1, -0.05) is 41.0 Å². The maximum absolute atomic E-state index is 13.9. The minimum Gasteiger partial charge on any atom is -0.355 e. The minimum absolute atomic E-state index is 0.128. The number of amides is 2. The second kappa shape index (κ2) is 9.28. The Morgan fingerprint density at radius 3 is 2.52 bits per heavy atom. The summed E-state index contributed by atoms with van der Waals surface area (Å²) >= 11 is 6.07. The van der Waals surface area contributed by atoms with Gasteiger partial charge in [-0.3, -0.25) is 14.5 Å². The van der Waals surface area contributed by atoms with E-state index in [4.69, 9.17) is 16.1 Å². The molecule has 0 saturated carbocycles. The van der Waals surface area contributed by atoms with Crippen molar-refractivity contribution < 1.29 is 18.5 Å². The van der Waals surface area contributed by atoms with Gasteiger partial charge < -0.3 is 14.7 Å². The van der Waals surface area contributed by atoms with Gasteiger partial charge in [-0.25, -0.2) is 4.39 Å². The highest BCUT2D eigenvalue weighted by Crippen LogP contribution is 2.24. The maximum atomic E-state index is 13.9. The molecule has 0 atom stereocenters. The lowest BCUT2D eigenvalue weighted by molar-refractivity contribution is -0.117. The Kier molecular flexibility index (Phi) is 6.29. The predicted octanol–water partition coefficient (Wildman–Crippen LogP) is 3.53. The van der Waals surface area contributed by atoms with Crippen molar-refractivity contribution in [3.8, 4) is 11.3 Å². The van der Waals surface area contributed by atoms with E-state index in [0.717, 1.165) is 0 Å². The number of carbonyl (C=O) groups is 2. The summed E-state index contributed by atoms with van der Waals surface area (Å²) in [5.74, 6) is -0.692. The van der Waals surface area contributed by atoms with Crippen LogP contribution in [0.5, 0.6) is 0 Å². The second-order valence-corrected chi connectivity index (χ2v) is 7.56. The van der Waals surface area contributed by atoms with Crippen molar-refractivity contribution in [3.63, 3.8) is 0 Å². The molecule has 0 spiro atoms. The average Bonchev–Trinajstić information content (AvgIpc) is 3.26. The first kappa shape index (κ1) is 21.0. The SMILES string of the molecule is O=C(CN1CCN(C(=O)c2cc(-c3ccccc3F)on2)CC1)Nc1ccccc1Cl. The van der Waals surface area contributed by atoms with Crippen LogP contribution in [-0.2, 0) is 4.79 Å². The Morgan fingerprint density at radius 1 is 1.06 bits per heavy atom. The smallest absolute Gasteiger partial charge is 0.276 e. The average molecular weight is 443 g/mol. The van der Waals surface area contributed by atoms with Gasteiger partial charge in [-0.15, -0.1) is 0 Å². The first-order valence-electron chi connectivity index (χ1n) is 9.79. The molecule has 0 radical (unpaired) electrons. The number of anilines is 1. The van der Waals surface area contributed by atoms with Crippen molar-refractivity contribution in [2.45, 2.75) is 0 Å². The van der Waals surface area contributed by atoms with Gasteiger partial charge in [0.15, 0.2) is 11.5 Å². The molecule has 4 rings (SSSR count). The van der Waals surface area contributed by atoms with Crippen LogP contribution in [0.2, 0.25) is 5.02 Å². The Balaban J connectivity index is 1.31. The zero-order valence-corrected chi connectivity index (χ0v) is 17.3. The number of benzene rings is 2. The van der Waals surface area contributed by atoms with Gasteiger partial charge in [0.1, 0.15) is 5.82 Å². The normalized spacial score (nSPS) is 14.5. The molecule has 1 aliphatic heterocycles. The zero-order valence-electron chi connectivity index (χ0n) is 16.6. The number of halogens is 2. The molecule has 7 nitrogen and oxygen atoms in total. The van der Waals surface area contributed by atoms with E-state index in [1.807, 2.05) is 4.90 Å². The molecule has 160 valence electrons. The summed E-state index contributed by atoms with van der Waals surface area (Å²) in [6, 6.07) is 14.6. The Labute approximate surface area is 183 Å². The van der Waals surface area contributed by atoms with Crippen LogP contribution in [0.1, 0.15) is 10.5 Å². The van der Waals surface area contributed by atoms with Crippen molar-refractivity contribution in [2.75, 3.05) is 38.0 Å².